The lowest BCUT2D eigenvalue weighted by Gasteiger charge is -2.22. The third-order valence-corrected chi connectivity index (χ3v) is 5.88. The Labute approximate surface area is 174 Å². The number of benzene rings is 2. The number of anilines is 1. The summed E-state index contributed by atoms with van der Waals surface area (Å²) in [6, 6.07) is 15.9. The van der Waals surface area contributed by atoms with E-state index in [0.717, 1.165) is 33.9 Å². The van der Waals surface area contributed by atoms with E-state index in [9.17, 15) is 4.79 Å². The van der Waals surface area contributed by atoms with Crippen molar-refractivity contribution in [2.75, 3.05) is 25.0 Å². The molecule has 2 aromatic carbocycles. The van der Waals surface area contributed by atoms with E-state index in [4.69, 9.17) is 5.26 Å². The van der Waals surface area contributed by atoms with Crippen LogP contribution in [0, 0.1) is 18.3 Å². The molecule has 0 radical (unpaired) electrons. The summed E-state index contributed by atoms with van der Waals surface area (Å²) in [5.74, 6) is 0.0972. The number of carbonyl (C=O) groups excluding carboxylic acids is 1. The molecule has 6 heteroatoms. The summed E-state index contributed by atoms with van der Waals surface area (Å²) < 4.78 is 0. The van der Waals surface area contributed by atoms with Crippen LogP contribution in [0.3, 0.4) is 0 Å². The van der Waals surface area contributed by atoms with Crippen molar-refractivity contribution in [3.8, 4) is 17.3 Å². The molecule has 29 heavy (non-hydrogen) atoms. The van der Waals surface area contributed by atoms with Crippen molar-refractivity contribution in [1.29, 1.82) is 5.26 Å². The van der Waals surface area contributed by atoms with E-state index in [2.05, 4.69) is 28.6 Å². The molecule has 0 bridgehead atoms. The zero-order valence-electron chi connectivity index (χ0n) is 16.6. The Kier molecular flexibility index (Phi) is 5.43. The number of nitrogens with zero attached hydrogens (tertiary/aromatic N) is 4. The van der Waals surface area contributed by atoms with Gasteiger partial charge in [-0.15, -0.1) is 11.3 Å². The fraction of sp³-hybridized carbons (Fsp3) is 0.261. The molecule has 0 spiro atoms. The van der Waals surface area contributed by atoms with Crippen LogP contribution in [0.2, 0.25) is 0 Å². The third kappa shape index (κ3) is 4.21. The van der Waals surface area contributed by atoms with Crippen LogP contribution in [-0.4, -0.2) is 35.9 Å². The van der Waals surface area contributed by atoms with Crippen LogP contribution in [0.4, 0.5) is 5.69 Å². The maximum Gasteiger partial charge on any atom is 0.241 e. The maximum atomic E-state index is 12.9. The number of nitriles is 1. The second-order valence-corrected chi connectivity index (χ2v) is 8.44. The van der Waals surface area contributed by atoms with Crippen molar-refractivity contribution in [3.05, 3.63) is 69.5 Å². The quantitative estimate of drug-likeness (QED) is 0.647. The summed E-state index contributed by atoms with van der Waals surface area (Å²) in [6.07, 6.45) is 0.867. The summed E-state index contributed by atoms with van der Waals surface area (Å²) in [5.41, 5.74) is 5.99. The van der Waals surface area contributed by atoms with Gasteiger partial charge in [0.1, 0.15) is 0 Å². The Morgan fingerprint density at radius 3 is 2.93 bits per heavy atom. The molecule has 5 nitrogen and oxygen atoms in total. The fourth-order valence-electron chi connectivity index (χ4n) is 3.74. The van der Waals surface area contributed by atoms with E-state index >= 15 is 0 Å². The molecule has 2 heterocycles. The molecule has 0 aliphatic carbocycles. The molecule has 146 valence electrons. The van der Waals surface area contributed by atoms with E-state index in [-0.39, 0.29) is 5.91 Å². The molecule has 1 amide bonds. The second kappa shape index (κ2) is 8.16. The zero-order chi connectivity index (χ0) is 20.4. The Bertz CT molecular complexity index is 1100. The molecular weight excluding hydrogens is 380 g/mol. The van der Waals surface area contributed by atoms with E-state index in [1.165, 1.54) is 5.56 Å². The summed E-state index contributed by atoms with van der Waals surface area (Å²) in [6.45, 7) is 3.69. The van der Waals surface area contributed by atoms with Crippen molar-refractivity contribution < 1.29 is 4.79 Å². The van der Waals surface area contributed by atoms with Gasteiger partial charge in [0.15, 0.2) is 0 Å². The normalized spacial score (nSPS) is 12.8. The van der Waals surface area contributed by atoms with Crippen molar-refractivity contribution in [1.82, 2.24) is 9.88 Å². The van der Waals surface area contributed by atoms with Crippen LogP contribution in [-0.2, 0) is 17.8 Å². The van der Waals surface area contributed by atoms with E-state index < -0.39 is 0 Å². The summed E-state index contributed by atoms with van der Waals surface area (Å²) >= 11 is 1.65. The fourth-order valence-corrected chi connectivity index (χ4v) is 4.36. The van der Waals surface area contributed by atoms with Gasteiger partial charge in [0, 0.05) is 29.7 Å². The first kappa shape index (κ1) is 19.3. The highest BCUT2D eigenvalue weighted by Gasteiger charge is 2.25. The lowest BCUT2D eigenvalue weighted by atomic mass is 10.1. The van der Waals surface area contributed by atoms with Gasteiger partial charge < -0.3 is 4.90 Å². The van der Waals surface area contributed by atoms with Gasteiger partial charge in [0.25, 0.3) is 0 Å². The average Bonchev–Trinajstić information content (AvgIpc) is 3.33. The minimum atomic E-state index is 0.0972. The number of carbonyl (C=O) groups is 1. The average molecular weight is 403 g/mol. The summed E-state index contributed by atoms with van der Waals surface area (Å²) in [7, 11) is 1.93. The van der Waals surface area contributed by atoms with Gasteiger partial charge in [-0.1, -0.05) is 18.2 Å². The predicted octanol–water partition coefficient (Wildman–Crippen LogP) is 4.01. The summed E-state index contributed by atoms with van der Waals surface area (Å²) in [4.78, 5) is 21.3. The molecule has 3 aromatic rings. The van der Waals surface area contributed by atoms with Crippen LogP contribution < -0.4 is 4.90 Å². The Morgan fingerprint density at radius 1 is 1.31 bits per heavy atom. The van der Waals surface area contributed by atoms with Gasteiger partial charge in [-0.25, -0.2) is 4.98 Å². The number of rotatable bonds is 5. The highest BCUT2D eigenvalue weighted by atomic mass is 32.1. The molecule has 0 fully saturated rings. The van der Waals surface area contributed by atoms with Crippen molar-refractivity contribution in [2.45, 2.75) is 19.9 Å². The topological polar surface area (TPSA) is 60.2 Å². The monoisotopic (exact) mass is 402 g/mol. The number of thiazole rings is 1. The molecule has 1 aliphatic rings. The van der Waals surface area contributed by atoms with Crippen LogP contribution in [0.15, 0.2) is 47.8 Å². The predicted molar refractivity (Wildman–Crippen MR) is 116 cm³/mol. The van der Waals surface area contributed by atoms with Gasteiger partial charge in [0.05, 0.1) is 28.9 Å². The zero-order valence-corrected chi connectivity index (χ0v) is 17.4. The molecule has 0 unspecified atom stereocenters. The van der Waals surface area contributed by atoms with Gasteiger partial charge in [0.2, 0.25) is 5.91 Å². The second-order valence-electron chi connectivity index (χ2n) is 7.38. The van der Waals surface area contributed by atoms with Crippen molar-refractivity contribution >= 4 is 22.9 Å². The molecule has 0 atom stereocenters. The third-order valence-electron chi connectivity index (χ3n) is 5.10. The number of amides is 1. The molecule has 4 rings (SSSR count). The van der Waals surface area contributed by atoms with E-state index in [0.29, 0.717) is 25.2 Å². The molecule has 1 aromatic heterocycles. The van der Waals surface area contributed by atoms with Crippen molar-refractivity contribution in [3.63, 3.8) is 0 Å². The summed E-state index contributed by atoms with van der Waals surface area (Å²) in [5, 5.41) is 12.2. The SMILES string of the molecule is Cc1nc(-c2ccc3c(c2)CCN3C(=O)CN(C)Cc2cccc(C#N)c2)cs1. The largest absolute Gasteiger partial charge is 0.311 e. The highest BCUT2D eigenvalue weighted by molar-refractivity contribution is 7.09. The first-order valence-electron chi connectivity index (χ1n) is 9.57. The smallest absolute Gasteiger partial charge is 0.241 e. The van der Waals surface area contributed by atoms with Gasteiger partial charge in [-0.2, -0.15) is 5.26 Å². The lowest BCUT2D eigenvalue weighted by molar-refractivity contribution is -0.119. The first-order valence-corrected chi connectivity index (χ1v) is 10.4. The van der Waals surface area contributed by atoms with E-state index in [1.54, 1.807) is 17.4 Å². The number of aromatic nitrogens is 1. The van der Waals surface area contributed by atoms with Crippen LogP contribution >= 0.6 is 11.3 Å². The number of hydrogen-bond donors (Lipinski definition) is 0. The van der Waals surface area contributed by atoms with E-state index in [1.807, 2.05) is 48.0 Å². The van der Waals surface area contributed by atoms with Gasteiger partial charge in [-0.05, 0) is 55.8 Å². The highest BCUT2D eigenvalue weighted by Crippen LogP contribution is 2.32. The molecule has 0 saturated carbocycles. The van der Waals surface area contributed by atoms with Gasteiger partial charge in [-0.3, -0.25) is 9.69 Å². The minimum Gasteiger partial charge on any atom is -0.311 e. The number of likely N-dealkylation sites (N-methyl/N-ethyl adjacent to an activating group) is 1. The minimum absolute atomic E-state index is 0.0972. The lowest BCUT2D eigenvalue weighted by Crippen LogP contribution is -2.37. The van der Waals surface area contributed by atoms with Gasteiger partial charge >= 0.3 is 0 Å². The Hall–Kier alpha value is -3.01. The molecule has 0 saturated heterocycles. The van der Waals surface area contributed by atoms with Crippen molar-refractivity contribution in [2.24, 2.45) is 0 Å². The Morgan fingerprint density at radius 2 is 2.17 bits per heavy atom. The molecular formula is C23H22N4OS. The molecule has 0 N–H and O–H groups in total. The standard InChI is InChI=1S/C23H22N4OS/c1-16-25-21(15-29-16)19-6-7-22-20(11-19)8-9-27(22)23(28)14-26(2)13-18-5-3-4-17(10-18)12-24/h3-7,10-11,15H,8-9,13-14H2,1-2H3. The number of hydrogen-bond acceptors (Lipinski definition) is 5. The van der Waals surface area contributed by atoms with Crippen LogP contribution in [0.25, 0.3) is 11.3 Å². The first-order chi connectivity index (χ1) is 14.0. The number of aryl methyl sites for hydroxylation is 1. The Balaban J connectivity index is 1.43. The van der Waals surface area contributed by atoms with Crippen LogP contribution in [0.1, 0.15) is 21.7 Å². The van der Waals surface area contributed by atoms with Crippen LogP contribution in [0.5, 0.6) is 0 Å². The molecule has 1 aliphatic heterocycles. The maximum absolute atomic E-state index is 12.9. The number of fused-ring (bicyclic) bond motifs is 1.